The van der Waals surface area contributed by atoms with E-state index in [0.717, 1.165) is 36.1 Å². The van der Waals surface area contributed by atoms with Gasteiger partial charge in [0.25, 0.3) is 0 Å². The fraction of sp³-hybridized carbons (Fsp3) is 0.467. The average Bonchev–Trinajstić information content (AvgIpc) is 2.72. The Morgan fingerprint density at radius 2 is 2.35 bits per heavy atom. The maximum Gasteiger partial charge on any atom is 0.101 e. The molecule has 5 nitrogen and oxygen atoms in total. The summed E-state index contributed by atoms with van der Waals surface area (Å²) in [5.41, 5.74) is 3.00. The zero-order chi connectivity index (χ0) is 13.9. The first kappa shape index (κ1) is 13.1. The molecule has 1 aliphatic rings. The van der Waals surface area contributed by atoms with Crippen molar-refractivity contribution in [1.29, 1.82) is 5.26 Å². The number of aliphatic hydroxyl groups excluding tert-OH is 1. The second kappa shape index (κ2) is 5.61. The highest BCUT2D eigenvalue weighted by Gasteiger charge is 2.18. The summed E-state index contributed by atoms with van der Waals surface area (Å²) in [6, 6.07) is 6.19. The summed E-state index contributed by atoms with van der Waals surface area (Å²) in [5, 5.41) is 22.1. The zero-order valence-corrected chi connectivity index (χ0v) is 11.3. The number of imidazole rings is 1. The van der Waals surface area contributed by atoms with Gasteiger partial charge in [0.15, 0.2) is 0 Å². The van der Waals surface area contributed by atoms with Gasteiger partial charge in [-0.25, -0.2) is 4.98 Å². The molecule has 2 aromatic rings. The Hall–Kier alpha value is -1.90. The van der Waals surface area contributed by atoms with Crippen molar-refractivity contribution in [1.82, 2.24) is 14.9 Å². The van der Waals surface area contributed by atoms with E-state index in [-0.39, 0.29) is 6.61 Å². The molecule has 1 aromatic heterocycles. The van der Waals surface area contributed by atoms with E-state index in [0.29, 0.717) is 11.6 Å². The van der Waals surface area contributed by atoms with Crippen molar-refractivity contribution < 1.29 is 5.11 Å². The van der Waals surface area contributed by atoms with Gasteiger partial charge in [-0.1, -0.05) is 6.42 Å². The van der Waals surface area contributed by atoms with E-state index in [4.69, 9.17) is 0 Å². The molecule has 1 atom stereocenters. The number of rotatable bonds is 2. The van der Waals surface area contributed by atoms with Crippen LogP contribution in [0.15, 0.2) is 18.5 Å². The maximum absolute atomic E-state index is 9.36. The van der Waals surface area contributed by atoms with E-state index in [9.17, 15) is 10.4 Å². The molecule has 1 aliphatic heterocycles. The number of hydrogen-bond acceptors (Lipinski definition) is 4. The summed E-state index contributed by atoms with van der Waals surface area (Å²) in [6.45, 7) is 1.91. The van der Waals surface area contributed by atoms with Crippen molar-refractivity contribution in [3.63, 3.8) is 0 Å². The Morgan fingerprint density at radius 3 is 3.15 bits per heavy atom. The minimum absolute atomic E-state index is 0.0670. The molecule has 0 amide bonds. The first-order chi connectivity index (χ1) is 9.83. The SMILES string of the molecule is N#Cc1cc(CO)cc2ncn(C3CCCCNC3)c12. The number of nitriles is 1. The third kappa shape index (κ3) is 2.28. The predicted molar refractivity (Wildman–Crippen MR) is 76.1 cm³/mol. The van der Waals surface area contributed by atoms with Gasteiger partial charge in [0.05, 0.1) is 29.5 Å². The molecule has 1 fully saturated rings. The van der Waals surface area contributed by atoms with Crippen LogP contribution >= 0.6 is 0 Å². The fourth-order valence-electron chi connectivity index (χ4n) is 2.92. The number of hydrogen-bond donors (Lipinski definition) is 2. The van der Waals surface area contributed by atoms with Gasteiger partial charge < -0.3 is 15.0 Å². The fourth-order valence-corrected chi connectivity index (χ4v) is 2.92. The van der Waals surface area contributed by atoms with Gasteiger partial charge >= 0.3 is 0 Å². The monoisotopic (exact) mass is 270 g/mol. The number of nitrogens with zero attached hydrogens (tertiary/aromatic N) is 3. The summed E-state index contributed by atoms with van der Waals surface area (Å²) in [5.74, 6) is 0. The maximum atomic E-state index is 9.36. The van der Waals surface area contributed by atoms with Crippen LogP contribution in [0.2, 0.25) is 0 Å². The van der Waals surface area contributed by atoms with Gasteiger partial charge in [-0.3, -0.25) is 0 Å². The quantitative estimate of drug-likeness (QED) is 0.871. The van der Waals surface area contributed by atoms with Crippen molar-refractivity contribution in [2.75, 3.05) is 13.1 Å². The molecule has 1 unspecified atom stereocenters. The topological polar surface area (TPSA) is 73.9 Å². The summed E-state index contributed by atoms with van der Waals surface area (Å²) in [6.07, 6.45) is 5.31. The van der Waals surface area contributed by atoms with Crippen molar-refractivity contribution in [2.45, 2.75) is 31.9 Å². The number of fused-ring (bicyclic) bond motifs is 1. The first-order valence-corrected chi connectivity index (χ1v) is 7.04. The van der Waals surface area contributed by atoms with E-state index in [2.05, 4.69) is 20.9 Å². The van der Waals surface area contributed by atoms with Gasteiger partial charge in [-0.2, -0.15) is 5.26 Å². The van der Waals surface area contributed by atoms with Crippen LogP contribution < -0.4 is 5.32 Å². The lowest BCUT2D eigenvalue weighted by atomic mass is 10.1. The van der Waals surface area contributed by atoms with Gasteiger partial charge in [0.2, 0.25) is 0 Å². The Bertz CT molecular complexity index is 648. The van der Waals surface area contributed by atoms with Crippen LogP contribution in [0.5, 0.6) is 0 Å². The van der Waals surface area contributed by atoms with Crippen LogP contribution in [0.4, 0.5) is 0 Å². The highest BCUT2D eigenvalue weighted by Crippen LogP contribution is 2.26. The van der Waals surface area contributed by atoms with Crippen LogP contribution in [0.3, 0.4) is 0 Å². The highest BCUT2D eigenvalue weighted by molar-refractivity contribution is 5.82. The molecule has 1 aromatic carbocycles. The molecular formula is C15H18N4O. The number of benzene rings is 1. The molecule has 0 spiro atoms. The van der Waals surface area contributed by atoms with E-state index in [1.165, 1.54) is 12.8 Å². The van der Waals surface area contributed by atoms with E-state index in [1.54, 1.807) is 6.07 Å². The first-order valence-electron chi connectivity index (χ1n) is 7.04. The molecule has 1 saturated heterocycles. The van der Waals surface area contributed by atoms with Crippen molar-refractivity contribution in [2.24, 2.45) is 0 Å². The van der Waals surface area contributed by atoms with Crippen LogP contribution in [0.25, 0.3) is 11.0 Å². The molecule has 0 aliphatic carbocycles. The van der Waals surface area contributed by atoms with E-state index < -0.39 is 0 Å². The van der Waals surface area contributed by atoms with Gasteiger partial charge in [-0.15, -0.1) is 0 Å². The van der Waals surface area contributed by atoms with Crippen LogP contribution in [-0.4, -0.2) is 27.7 Å². The largest absolute Gasteiger partial charge is 0.392 e. The summed E-state index contributed by atoms with van der Waals surface area (Å²) < 4.78 is 2.12. The summed E-state index contributed by atoms with van der Waals surface area (Å²) in [7, 11) is 0. The number of aliphatic hydroxyl groups is 1. The summed E-state index contributed by atoms with van der Waals surface area (Å²) in [4.78, 5) is 4.41. The van der Waals surface area contributed by atoms with Crippen molar-refractivity contribution in [3.05, 3.63) is 29.6 Å². The Morgan fingerprint density at radius 1 is 1.45 bits per heavy atom. The average molecular weight is 270 g/mol. The predicted octanol–water partition coefficient (Wildman–Crippen LogP) is 1.71. The second-order valence-electron chi connectivity index (χ2n) is 5.29. The third-order valence-corrected chi connectivity index (χ3v) is 3.95. The molecule has 104 valence electrons. The number of nitrogens with one attached hydrogen (secondary N) is 1. The third-order valence-electron chi connectivity index (χ3n) is 3.95. The standard InChI is InChI=1S/C15H18N4O/c16-7-12-5-11(9-20)6-14-15(12)19(10-18-14)13-3-1-2-4-17-8-13/h5-6,10,13,17,20H,1-4,8-9H2. The van der Waals surface area contributed by atoms with Crippen molar-refractivity contribution >= 4 is 11.0 Å². The molecule has 2 N–H and O–H groups in total. The molecule has 0 radical (unpaired) electrons. The van der Waals surface area contributed by atoms with Gasteiger partial charge in [0, 0.05) is 12.6 Å². The lowest BCUT2D eigenvalue weighted by Crippen LogP contribution is -2.23. The molecule has 2 heterocycles. The molecule has 5 heteroatoms. The molecular weight excluding hydrogens is 252 g/mol. The van der Waals surface area contributed by atoms with E-state index in [1.807, 2.05) is 12.4 Å². The zero-order valence-electron chi connectivity index (χ0n) is 11.3. The molecule has 0 bridgehead atoms. The van der Waals surface area contributed by atoms with Crippen LogP contribution in [0, 0.1) is 11.3 Å². The minimum Gasteiger partial charge on any atom is -0.392 e. The Labute approximate surface area is 117 Å². The van der Waals surface area contributed by atoms with Gasteiger partial charge in [-0.05, 0) is 37.1 Å². The highest BCUT2D eigenvalue weighted by atomic mass is 16.3. The van der Waals surface area contributed by atoms with E-state index >= 15 is 0 Å². The Kier molecular flexibility index (Phi) is 3.68. The lowest BCUT2D eigenvalue weighted by Gasteiger charge is -2.17. The smallest absolute Gasteiger partial charge is 0.101 e. The minimum atomic E-state index is -0.0670. The summed E-state index contributed by atoms with van der Waals surface area (Å²) >= 11 is 0. The lowest BCUT2D eigenvalue weighted by molar-refractivity contribution is 0.282. The van der Waals surface area contributed by atoms with Crippen LogP contribution in [0.1, 0.15) is 36.4 Å². The number of aromatic nitrogens is 2. The van der Waals surface area contributed by atoms with Crippen molar-refractivity contribution in [3.8, 4) is 6.07 Å². The van der Waals surface area contributed by atoms with Gasteiger partial charge in [0.1, 0.15) is 6.07 Å². The van der Waals surface area contributed by atoms with Crippen LogP contribution in [-0.2, 0) is 6.61 Å². The normalized spacial score (nSPS) is 19.7. The Balaban J connectivity index is 2.10. The molecule has 3 rings (SSSR count). The molecule has 0 saturated carbocycles. The molecule has 20 heavy (non-hydrogen) atoms. The second-order valence-corrected chi connectivity index (χ2v) is 5.29.